The number of hydrogen-bond acceptors (Lipinski definition) is 7. The summed E-state index contributed by atoms with van der Waals surface area (Å²) in [6.45, 7) is 2.33. The number of carbonyl (C=O) groups excluding carboxylic acids is 3. The topological polar surface area (TPSA) is 119 Å². The molecule has 1 atom stereocenters. The first-order chi connectivity index (χ1) is 20.0. The van der Waals surface area contributed by atoms with E-state index in [-0.39, 0.29) is 31.5 Å². The molecule has 0 unspecified atom stereocenters. The normalized spacial score (nSPS) is 11.4. The van der Waals surface area contributed by atoms with Gasteiger partial charge in [-0.15, -0.1) is 0 Å². The van der Waals surface area contributed by atoms with Gasteiger partial charge in [0.15, 0.2) is 5.76 Å². The number of methoxy groups -OCH3 is 2. The van der Waals surface area contributed by atoms with Crippen LogP contribution in [0, 0.1) is 5.92 Å². The number of nitrogens with zero attached hydrogens (tertiary/aromatic N) is 1. The molecule has 1 aromatic heterocycles. The molecule has 10 nitrogen and oxygen atoms in total. The molecule has 41 heavy (non-hydrogen) atoms. The number of rotatable bonds is 18. The minimum Gasteiger partial charge on any atom is -0.497 e. The van der Waals surface area contributed by atoms with Gasteiger partial charge in [-0.05, 0) is 42.3 Å². The molecule has 0 aliphatic heterocycles. The SMILES string of the molecule is CCCCCC[C@H](CN(C=O)OCc1ccccc1)C(=O)NCNC(=O)c1ccc(-c2cc(OC)ccc2OC)o1. The second kappa shape index (κ2) is 16.7. The van der Waals surface area contributed by atoms with Crippen molar-refractivity contribution in [3.63, 3.8) is 0 Å². The van der Waals surface area contributed by atoms with E-state index in [0.29, 0.717) is 35.7 Å². The Morgan fingerprint density at radius 3 is 2.49 bits per heavy atom. The highest BCUT2D eigenvalue weighted by atomic mass is 16.7. The van der Waals surface area contributed by atoms with Crippen LogP contribution < -0.4 is 20.1 Å². The Morgan fingerprint density at radius 2 is 1.78 bits per heavy atom. The Morgan fingerprint density at radius 1 is 0.976 bits per heavy atom. The first-order valence-electron chi connectivity index (χ1n) is 13.8. The molecular weight excluding hydrogens is 526 g/mol. The third kappa shape index (κ3) is 9.68. The van der Waals surface area contributed by atoms with Crippen molar-refractivity contribution in [2.24, 2.45) is 5.92 Å². The van der Waals surface area contributed by atoms with Crippen molar-refractivity contribution in [3.05, 3.63) is 72.0 Å². The number of nitrogens with one attached hydrogen (secondary N) is 2. The van der Waals surface area contributed by atoms with Crippen LogP contribution in [-0.4, -0.2) is 50.7 Å². The van der Waals surface area contributed by atoms with Crippen LogP contribution in [0.4, 0.5) is 0 Å². The van der Waals surface area contributed by atoms with E-state index in [2.05, 4.69) is 17.6 Å². The highest BCUT2D eigenvalue weighted by molar-refractivity contribution is 5.92. The molecule has 3 rings (SSSR count). The van der Waals surface area contributed by atoms with E-state index in [1.807, 2.05) is 30.3 Å². The Balaban J connectivity index is 1.56. The van der Waals surface area contributed by atoms with Gasteiger partial charge in [-0.25, -0.2) is 5.06 Å². The predicted octanol–water partition coefficient (Wildman–Crippen LogP) is 4.94. The van der Waals surface area contributed by atoms with E-state index in [9.17, 15) is 14.4 Å². The lowest BCUT2D eigenvalue weighted by Crippen LogP contribution is -2.43. The number of carbonyl (C=O) groups is 3. The first-order valence-corrected chi connectivity index (χ1v) is 13.8. The fraction of sp³-hybridized carbons (Fsp3) is 0.387. The summed E-state index contributed by atoms with van der Waals surface area (Å²) in [5.74, 6) is 0.441. The van der Waals surface area contributed by atoms with Crippen molar-refractivity contribution in [1.29, 1.82) is 0 Å². The minimum absolute atomic E-state index is 0.0803. The summed E-state index contributed by atoms with van der Waals surface area (Å²) in [7, 11) is 3.11. The summed E-state index contributed by atoms with van der Waals surface area (Å²) in [5, 5.41) is 6.57. The maximum atomic E-state index is 13.1. The molecule has 0 aliphatic carbocycles. The molecule has 0 spiro atoms. The molecule has 0 aliphatic rings. The van der Waals surface area contributed by atoms with Crippen LogP contribution in [0.2, 0.25) is 0 Å². The van der Waals surface area contributed by atoms with Gasteiger partial charge in [-0.3, -0.25) is 19.2 Å². The van der Waals surface area contributed by atoms with Gasteiger partial charge < -0.3 is 24.5 Å². The van der Waals surface area contributed by atoms with E-state index < -0.39 is 11.8 Å². The van der Waals surface area contributed by atoms with Crippen molar-refractivity contribution < 1.29 is 33.1 Å². The summed E-state index contributed by atoms with van der Waals surface area (Å²) < 4.78 is 16.4. The zero-order chi connectivity index (χ0) is 29.5. The predicted molar refractivity (Wildman–Crippen MR) is 154 cm³/mol. The number of ether oxygens (including phenoxy) is 2. The average Bonchev–Trinajstić information content (AvgIpc) is 3.51. The van der Waals surface area contributed by atoms with Crippen LogP contribution in [0.15, 0.2) is 65.1 Å². The Hall–Kier alpha value is -4.31. The van der Waals surface area contributed by atoms with Gasteiger partial charge in [0.25, 0.3) is 5.91 Å². The zero-order valence-electron chi connectivity index (χ0n) is 23.9. The smallest absolute Gasteiger partial charge is 0.288 e. The van der Waals surface area contributed by atoms with Gasteiger partial charge in [0.1, 0.15) is 23.9 Å². The number of hydrogen-bond donors (Lipinski definition) is 2. The van der Waals surface area contributed by atoms with E-state index in [4.69, 9.17) is 18.7 Å². The number of furan rings is 1. The molecule has 0 saturated carbocycles. The van der Waals surface area contributed by atoms with Crippen molar-refractivity contribution in [3.8, 4) is 22.8 Å². The quantitative estimate of drug-likeness (QED) is 0.0970. The van der Waals surface area contributed by atoms with E-state index in [1.54, 1.807) is 44.6 Å². The molecule has 0 fully saturated rings. The molecule has 3 amide bonds. The molecule has 10 heteroatoms. The Kier molecular flexibility index (Phi) is 12.7. The van der Waals surface area contributed by atoms with Gasteiger partial charge in [0.2, 0.25) is 12.3 Å². The van der Waals surface area contributed by atoms with Crippen molar-refractivity contribution >= 4 is 18.2 Å². The highest BCUT2D eigenvalue weighted by Gasteiger charge is 2.22. The molecule has 0 radical (unpaired) electrons. The first kappa shape index (κ1) is 31.2. The minimum atomic E-state index is -0.500. The zero-order valence-corrected chi connectivity index (χ0v) is 23.9. The van der Waals surface area contributed by atoms with Gasteiger partial charge in [0, 0.05) is 0 Å². The van der Waals surface area contributed by atoms with Crippen LogP contribution in [0.25, 0.3) is 11.3 Å². The fourth-order valence-electron chi connectivity index (χ4n) is 4.25. The number of unbranched alkanes of at least 4 members (excludes halogenated alkanes) is 3. The second-order valence-corrected chi connectivity index (χ2v) is 9.46. The number of amides is 3. The number of benzene rings is 2. The monoisotopic (exact) mass is 565 g/mol. The van der Waals surface area contributed by atoms with Crippen LogP contribution in [0.5, 0.6) is 11.5 Å². The summed E-state index contributed by atoms with van der Waals surface area (Å²) in [5.41, 5.74) is 1.55. The summed E-state index contributed by atoms with van der Waals surface area (Å²) in [6, 6.07) is 18.0. The average molecular weight is 566 g/mol. The molecule has 1 heterocycles. The van der Waals surface area contributed by atoms with Crippen molar-refractivity contribution in [1.82, 2.24) is 15.7 Å². The van der Waals surface area contributed by atoms with Crippen LogP contribution >= 0.6 is 0 Å². The maximum Gasteiger partial charge on any atom is 0.288 e. The lowest BCUT2D eigenvalue weighted by molar-refractivity contribution is -0.182. The molecule has 0 bridgehead atoms. The van der Waals surface area contributed by atoms with E-state index >= 15 is 0 Å². The fourth-order valence-corrected chi connectivity index (χ4v) is 4.25. The van der Waals surface area contributed by atoms with Gasteiger partial charge in [-0.2, -0.15) is 0 Å². The second-order valence-electron chi connectivity index (χ2n) is 9.46. The third-order valence-electron chi connectivity index (χ3n) is 6.55. The summed E-state index contributed by atoms with van der Waals surface area (Å²) in [4.78, 5) is 43.1. The van der Waals surface area contributed by atoms with Gasteiger partial charge >= 0.3 is 0 Å². The molecule has 0 saturated heterocycles. The molecular formula is C31H39N3O7. The molecule has 3 aromatic rings. The van der Waals surface area contributed by atoms with Gasteiger partial charge in [-0.1, -0.05) is 62.9 Å². The largest absolute Gasteiger partial charge is 0.497 e. The van der Waals surface area contributed by atoms with Crippen molar-refractivity contribution in [2.45, 2.75) is 45.6 Å². The van der Waals surface area contributed by atoms with E-state index in [1.165, 1.54) is 0 Å². The standard InChI is InChI=1S/C31H39N3O7/c1-4-5-6-10-13-24(19-34(22-35)40-20-23-11-8-7-9-12-23)30(36)32-21-33-31(37)29-17-16-28(41-29)26-18-25(38-2)14-15-27(26)39-3/h7-9,11-12,14-18,22,24H,4-6,10,13,19-21H2,1-3H3,(H,32,36)(H,33,37)/t24-/m1/s1. The molecule has 2 aromatic carbocycles. The van der Waals surface area contributed by atoms with Gasteiger partial charge in [0.05, 0.1) is 38.9 Å². The van der Waals surface area contributed by atoms with E-state index in [0.717, 1.165) is 36.3 Å². The molecule has 220 valence electrons. The molecule has 2 N–H and O–H groups in total. The Labute approximate surface area is 240 Å². The highest BCUT2D eigenvalue weighted by Crippen LogP contribution is 2.34. The van der Waals surface area contributed by atoms with Crippen molar-refractivity contribution in [2.75, 3.05) is 27.4 Å². The lowest BCUT2D eigenvalue weighted by Gasteiger charge is -2.23. The van der Waals surface area contributed by atoms with Crippen LogP contribution in [0.1, 0.15) is 55.1 Å². The van der Waals surface area contributed by atoms with Crippen LogP contribution in [-0.2, 0) is 21.0 Å². The maximum absolute atomic E-state index is 13.1. The van der Waals surface area contributed by atoms with Crippen LogP contribution in [0.3, 0.4) is 0 Å². The summed E-state index contributed by atoms with van der Waals surface area (Å²) in [6.07, 6.45) is 5.14. The number of hydroxylamine groups is 2. The lowest BCUT2D eigenvalue weighted by atomic mass is 9.99. The summed E-state index contributed by atoms with van der Waals surface area (Å²) >= 11 is 0. The third-order valence-corrected chi connectivity index (χ3v) is 6.55. The Bertz CT molecular complexity index is 1250.